The van der Waals surface area contributed by atoms with E-state index in [1.54, 1.807) is 18.0 Å². The summed E-state index contributed by atoms with van der Waals surface area (Å²) in [7, 11) is 1.67. The molecule has 0 amide bonds. The van der Waals surface area contributed by atoms with Crippen molar-refractivity contribution in [2.45, 2.75) is 18.9 Å². The van der Waals surface area contributed by atoms with Gasteiger partial charge in [-0.1, -0.05) is 0 Å². The van der Waals surface area contributed by atoms with Crippen molar-refractivity contribution >= 4 is 5.69 Å². The van der Waals surface area contributed by atoms with Crippen LogP contribution in [0.3, 0.4) is 0 Å². The van der Waals surface area contributed by atoms with Gasteiger partial charge in [0.2, 0.25) is 0 Å². The van der Waals surface area contributed by atoms with Gasteiger partial charge in [-0.05, 0) is 25.0 Å². The van der Waals surface area contributed by atoms with Crippen molar-refractivity contribution < 1.29 is 8.78 Å². The average Bonchev–Trinajstić information content (AvgIpc) is 2.99. The Bertz CT molecular complexity index is 410. The number of rotatable bonds is 2. The number of halogens is 2. The highest BCUT2D eigenvalue weighted by molar-refractivity contribution is 5.53. The molecule has 0 unspecified atom stereocenters. The number of benzene rings is 1. The first-order chi connectivity index (χ1) is 7.13. The molecule has 0 atom stereocenters. The summed E-state index contributed by atoms with van der Waals surface area (Å²) in [6.07, 6.45) is 1.94. The Morgan fingerprint density at radius 1 is 1.33 bits per heavy atom. The second-order valence-corrected chi connectivity index (χ2v) is 3.74. The van der Waals surface area contributed by atoms with Crippen LogP contribution in [0.25, 0.3) is 0 Å². The Labute approximate surface area is 86.7 Å². The molecular weight excluding hydrogens is 198 g/mol. The van der Waals surface area contributed by atoms with Crippen LogP contribution in [0.5, 0.6) is 0 Å². The summed E-state index contributed by atoms with van der Waals surface area (Å²) < 4.78 is 27.0. The van der Waals surface area contributed by atoms with Gasteiger partial charge in [-0.3, -0.25) is 0 Å². The highest BCUT2D eigenvalue weighted by Gasteiger charge is 2.29. The van der Waals surface area contributed by atoms with Crippen LogP contribution in [0.4, 0.5) is 14.5 Å². The van der Waals surface area contributed by atoms with E-state index in [-0.39, 0.29) is 17.3 Å². The molecule has 2 nitrogen and oxygen atoms in total. The molecule has 0 aliphatic heterocycles. The van der Waals surface area contributed by atoms with Gasteiger partial charge in [-0.15, -0.1) is 0 Å². The first kappa shape index (κ1) is 9.91. The molecule has 0 spiro atoms. The van der Waals surface area contributed by atoms with Gasteiger partial charge in [0.05, 0.1) is 11.6 Å². The molecule has 4 heteroatoms. The molecule has 0 saturated heterocycles. The second kappa shape index (κ2) is 3.50. The van der Waals surface area contributed by atoms with Crippen LogP contribution in [0.1, 0.15) is 18.4 Å². The van der Waals surface area contributed by atoms with E-state index in [0.29, 0.717) is 0 Å². The smallest absolute Gasteiger partial charge is 0.150 e. The lowest BCUT2D eigenvalue weighted by atomic mass is 10.2. The molecule has 1 aromatic carbocycles. The largest absolute Gasteiger partial charge is 0.367 e. The lowest BCUT2D eigenvalue weighted by Crippen LogP contribution is -2.22. The average molecular weight is 208 g/mol. The fourth-order valence-corrected chi connectivity index (χ4v) is 1.61. The van der Waals surface area contributed by atoms with Crippen molar-refractivity contribution in [3.05, 3.63) is 29.3 Å². The van der Waals surface area contributed by atoms with Gasteiger partial charge in [0.25, 0.3) is 0 Å². The number of hydrogen-bond acceptors (Lipinski definition) is 2. The zero-order chi connectivity index (χ0) is 11.0. The van der Waals surface area contributed by atoms with E-state index in [4.69, 9.17) is 5.26 Å². The Kier molecular flexibility index (Phi) is 2.31. The zero-order valence-corrected chi connectivity index (χ0v) is 8.30. The summed E-state index contributed by atoms with van der Waals surface area (Å²) in [6, 6.07) is 4.09. The third-order valence-corrected chi connectivity index (χ3v) is 2.59. The summed E-state index contributed by atoms with van der Waals surface area (Å²) in [4.78, 5) is 1.60. The van der Waals surface area contributed by atoms with Crippen LogP contribution < -0.4 is 4.90 Å². The summed E-state index contributed by atoms with van der Waals surface area (Å²) in [5.41, 5.74) is -0.0190. The number of anilines is 1. The molecule has 1 fully saturated rings. The van der Waals surface area contributed by atoms with Gasteiger partial charge < -0.3 is 4.90 Å². The molecule has 1 aliphatic carbocycles. The van der Waals surface area contributed by atoms with Gasteiger partial charge in [0.15, 0.2) is 11.6 Å². The van der Waals surface area contributed by atoms with Crippen molar-refractivity contribution in [3.8, 4) is 6.07 Å². The Morgan fingerprint density at radius 2 is 1.87 bits per heavy atom. The van der Waals surface area contributed by atoms with Crippen molar-refractivity contribution in [1.82, 2.24) is 0 Å². The Balaban J connectivity index is 2.43. The van der Waals surface area contributed by atoms with E-state index < -0.39 is 11.6 Å². The molecule has 15 heavy (non-hydrogen) atoms. The van der Waals surface area contributed by atoms with E-state index >= 15 is 0 Å². The maximum atomic E-state index is 13.5. The summed E-state index contributed by atoms with van der Waals surface area (Å²) in [6.45, 7) is 0. The van der Waals surface area contributed by atoms with Crippen molar-refractivity contribution in [2.24, 2.45) is 0 Å². The molecule has 78 valence electrons. The first-order valence-electron chi connectivity index (χ1n) is 4.75. The van der Waals surface area contributed by atoms with Crippen molar-refractivity contribution in [2.75, 3.05) is 11.9 Å². The highest BCUT2D eigenvalue weighted by Crippen LogP contribution is 2.33. The van der Waals surface area contributed by atoms with E-state index in [9.17, 15) is 8.78 Å². The minimum Gasteiger partial charge on any atom is -0.367 e. The molecule has 1 aromatic rings. The predicted molar refractivity (Wildman–Crippen MR) is 52.5 cm³/mol. The monoisotopic (exact) mass is 208 g/mol. The van der Waals surface area contributed by atoms with Gasteiger partial charge in [-0.2, -0.15) is 5.26 Å². The topological polar surface area (TPSA) is 27.0 Å². The number of nitriles is 1. The molecule has 0 bridgehead atoms. The maximum absolute atomic E-state index is 13.5. The SMILES string of the molecule is CN(c1c(F)cc(C#N)cc1F)C1CC1. The van der Waals surface area contributed by atoms with Gasteiger partial charge in [0.1, 0.15) is 5.69 Å². The van der Waals surface area contributed by atoms with E-state index in [1.165, 1.54) is 0 Å². The minimum atomic E-state index is -0.666. The maximum Gasteiger partial charge on any atom is 0.150 e. The molecule has 0 aromatic heterocycles. The van der Waals surface area contributed by atoms with Crippen LogP contribution >= 0.6 is 0 Å². The Hall–Kier alpha value is -1.63. The fraction of sp³-hybridized carbons (Fsp3) is 0.364. The summed E-state index contributed by atoms with van der Waals surface area (Å²) in [5, 5.41) is 8.54. The van der Waals surface area contributed by atoms with Gasteiger partial charge in [0, 0.05) is 13.1 Å². The van der Waals surface area contributed by atoms with E-state index in [0.717, 1.165) is 25.0 Å². The third kappa shape index (κ3) is 1.78. The number of hydrogen-bond donors (Lipinski definition) is 0. The molecule has 1 saturated carbocycles. The Morgan fingerprint density at radius 3 is 2.27 bits per heavy atom. The van der Waals surface area contributed by atoms with E-state index in [1.807, 2.05) is 0 Å². The standard InChI is InChI=1S/C11H10F2N2/c1-15(8-2-3-8)11-9(12)4-7(6-14)5-10(11)13/h4-5,8H,2-3H2,1H3. The molecule has 1 aliphatic rings. The first-order valence-corrected chi connectivity index (χ1v) is 4.75. The normalized spacial score (nSPS) is 14.8. The van der Waals surface area contributed by atoms with Crippen LogP contribution in [-0.2, 0) is 0 Å². The molecular formula is C11H10F2N2. The lowest BCUT2D eigenvalue weighted by Gasteiger charge is -2.19. The third-order valence-electron chi connectivity index (χ3n) is 2.59. The molecule has 2 rings (SSSR count). The summed E-state index contributed by atoms with van der Waals surface area (Å²) in [5.74, 6) is -1.33. The summed E-state index contributed by atoms with van der Waals surface area (Å²) >= 11 is 0. The van der Waals surface area contributed by atoms with Crippen LogP contribution in [0.15, 0.2) is 12.1 Å². The van der Waals surface area contributed by atoms with Crippen LogP contribution in [-0.4, -0.2) is 13.1 Å². The van der Waals surface area contributed by atoms with Gasteiger partial charge >= 0.3 is 0 Å². The van der Waals surface area contributed by atoms with Gasteiger partial charge in [-0.25, -0.2) is 8.78 Å². The predicted octanol–water partition coefficient (Wildman–Crippen LogP) is 2.44. The highest BCUT2D eigenvalue weighted by atomic mass is 19.1. The van der Waals surface area contributed by atoms with Crippen LogP contribution in [0, 0.1) is 23.0 Å². The molecule has 0 N–H and O–H groups in total. The van der Waals surface area contributed by atoms with Crippen LogP contribution in [0.2, 0.25) is 0 Å². The zero-order valence-electron chi connectivity index (χ0n) is 8.30. The lowest BCUT2D eigenvalue weighted by molar-refractivity contribution is 0.575. The molecule has 0 heterocycles. The van der Waals surface area contributed by atoms with E-state index in [2.05, 4.69) is 0 Å². The fourth-order valence-electron chi connectivity index (χ4n) is 1.61. The number of nitrogens with zero attached hydrogens (tertiary/aromatic N) is 2. The second-order valence-electron chi connectivity index (χ2n) is 3.74. The van der Waals surface area contributed by atoms with Crippen molar-refractivity contribution in [1.29, 1.82) is 5.26 Å². The molecule has 0 radical (unpaired) electrons. The quantitative estimate of drug-likeness (QED) is 0.746. The minimum absolute atomic E-state index is 0.0120. The van der Waals surface area contributed by atoms with Crippen molar-refractivity contribution in [3.63, 3.8) is 0 Å².